The number of carbonyl (C=O) groups excluding carboxylic acids is 1. The van der Waals surface area contributed by atoms with Gasteiger partial charge < -0.3 is 11.1 Å². The molecule has 19 heavy (non-hydrogen) atoms. The molecule has 1 aliphatic rings. The van der Waals surface area contributed by atoms with Crippen molar-refractivity contribution in [2.24, 2.45) is 5.73 Å². The summed E-state index contributed by atoms with van der Waals surface area (Å²) >= 11 is 0. The van der Waals surface area contributed by atoms with Crippen LogP contribution in [0, 0.1) is 0 Å². The van der Waals surface area contributed by atoms with Crippen LogP contribution in [-0.2, 0) is 0 Å². The average molecular weight is 256 g/mol. The SMILES string of the molecule is NCCCCC1Nc2cccccccc(c2)C1=O. The highest BCUT2D eigenvalue weighted by atomic mass is 16.1. The van der Waals surface area contributed by atoms with Crippen molar-refractivity contribution in [3.63, 3.8) is 0 Å². The second-order valence-corrected chi connectivity index (χ2v) is 4.70. The average Bonchev–Trinajstić information content (AvgIpc) is 2.42. The summed E-state index contributed by atoms with van der Waals surface area (Å²) in [5.74, 6) is 0.170. The highest BCUT2D eigenvalue weighted by Crippen LogP contribution is 2.20. The lowest BCUT2D eigenvalue weighted by Gasteiger charge is -2.22. The third-order valence-electron chi connectivity index (χ3n) is 3.20. The van der Waals surface area contributed by atoms with Crippen molar-refractivity contribution >= 4 is 11.5 Å². The molecule has 0 aliphatic carbocycles. The molecular formula is C16H20N2O. The highest BCUT2D eigenvalue weighted by Gasteiger charge is 2.22. The van der Waals surface area contributed by atoms with Crippen LogP contribution < -0.4 is 11.1 Å². The van der Waals surface area contributed by atoms with Crippen LogP contribution in [-0.4, -0.2) is 18.4 Å². The molecule has 1 aromatic carbocycles. The van der Waals surface area contributed by atoms with Crippen LogP contribution in [0.2, 0.25) is 0 Å². The molecule has 2 rings (SSSR count). The minimum absolute atomic E-state index is 0.126. The summed E-state index contributed by atoms with van der Waals surface area (Å²) < 4.78 is 0. The van der Waals surface area contributed by atoms with Gasteiger partial charge in [0.25, 0.3) is 0 Å². The Morgan fingerprint density at radius 2 is 1.79 bits per heavy atom. The molecule has 0 spiro atoms. The first-order chi connectivity index (χ1) is 9.31. The van der Waals surface area contributed by atoms with Gasteiger partial charge in [0.15, 0.2) is 5.78 Å². The topological polar surface area (TPSA) is 55.1 Å². The van der Waals surface area contributed by atoms with E-state index in [0.29, 0.717) is 6.54 Å². The number of Topliss-reactive ketones (excluding diaryl/α,β-unsaturated/α-hetero) is 1. The van der Waals surface area contributed by atoms with E-state index in [2.05, 4.69) is 5.32 Å². The molecule has 1 aliphatic heterocycles. The van der Waals surface area contributed by atoms with Crippen molar-refractivity contribution in [1.29, 1.82) is 0 Å². The molecule has 0 saturated heterocycles. The van der Waals surface area contributed by atoms with E-state index in [1.165, 1.54) is 0 Å². The fourth-order valence-corrected chi connectivity index (χ4v) is 2.18. The Morgan fingerprint density at radius 3 is 2.58 bits per heavy atom. The minimum Gasteiger partial charge on any atom is -0.375 e. The normalized spacial score (nSPS) is 16.5. The summed E-state index contributed by atoms with van der Waals surface area (Å²) in [7, 11) is 0. The second-order valence-electron chi connectivity index (χ2n) is 4.70. The van der Waals surface area contributed by atoms with E-state index in [0.717, 1.165) is 30.5 Å². The number of nitrogens with two attached hydrogens (primary N) is 1. The van der Waals surface area contributed by atoms with Crippen molar-refractivity contribution in [3.8, 4) is 0 Å². The number of hydrogen-bond acceptors (Lipinski definition) is 3. The monoisotopic (exact) mass is 256 g/mol. The molecule has 3 heteroatoms. The Morgan fingerprint density at radius 1 is 1.05 bits per heavy atom. The lowest BCUT2D eigenvalue weighted by atomic mass is 9.96. The second kappa shape index (κ2) is 6.90. The zero-order chi connectivity index (χ0) is 13.5. The van der Waals surface area contributed by atoms with Crippen molar-refractivity contribution in [1.82, 2.24) is 0 Å². The van der Waals surface area contributed by atoms with Crippen LogP contribution in [0.25, 0.3) is 0 Å². The van der Waals surface area contributed by atoms with E-state index in [9.17, 15) is 4.79 Å². The minimum atomic E-state index is -0.126. The first-order valence-electron chi connectivity index (χ1n) is 6.75. The Labute approximate surface area is 114 Å². The van der Waals surface area contributed by atoms with E-state index in [1.807, 2.05) is 48.5 Å². The molecule has 3 nitrogen and oxygen atoms in total. The van der Waals surface area contributed by atoms with Crippen molar-refractivity contribution in [2.75, 3.05) is 11.9 Å². The lowest BCUT2D eigenvalue weighted by molar-refractivity contribution is 0.0962. The van der Waals surface area contributed by atoms with Gasteiger partial charge in [-0.2, -0.15) is 0 Å². The van der Waals surface area contributed by atoms with E-state index in [-0.39, 0.29) is 11.8 Å². The van der Waals surface area contributed by atoms with Gasteiger partial charge in [0.1, 0.15) is 0 Å². The van der Waals surface area contributed by atoms with Crippen LogP contribution >= 0.6 is 0 Å². The number of hydrogen-bond donors (Lipinski definition) is 2. The Kier molecular flexibility index (Phi) is 4.93. The molecular weight excluding hydrogens is 236 g/mol. The van der Waals surface area contributed by atoms with Crippen molar-refractivity contribution in [2.45, 2.75) is 25.3 Å². The summed E-state index contributed by atoms with van der Waals surface area (Å²) in [4.78, 5) is 12.3. The van der Waals surface area contributed by atoms with E-state index in [4.69, 9.17) is 5.73 Å². The van der Waals surface area contributed by atoms with Crippen molar-refractivity contribution < 1.29 is 4.79 Å². The Balaban J connectivity index is 2.25. The molecule has 1 heterocycles. The van der Waals surface area contributed by atoms with Gasteiger partial charge >= 0.3 is 0 Å². The van der Waals surface area contributed by atoms with Crippen LogP contribution in [0.3, 0.4) is 0 Å². The first-order valence-corrected chi connectivity index (χ1v) is 6.75. The van der Waals surface area contributed by atoms with Crippen LogP contribution in [0.4, 0.5) is 5.69 Å². The predicted octanol–water partition coefficient (Wildman–Crippen LogP) is 2.92. The molecule has 1 unspecified atom stereocenters. The number of nitrogens with one attached hydrogen (secondary N) is 1. The zero-order valence-corrected chi connectivity index (χ0v) is 11.0. The molecule has 0 fully saturated rings. The molecule has 0 amide bonds. The van der Waals surface area contributed by atoms with Gasteiger partial charge in [-0.1, -0.05) is 36.4 Å². The molecule has 2 bridgehead atoms. The number of rotatable bonds is 4. The quantitative estimate of drug-likeness (QED) is 0.814. The van der Waals surface area contributed by atoms with E-state index >= 15 is 0 Å². The predicted molar refractivity (Wildman–Crippen MR) is 78.7 cm³/mol. The fourth-order valence-electron chi connectivity index (χ4n) is 2.18. The maximum absolute atomic E-state index is 12.3. The maximum atomic E-state index is 12.3. The highest BCUT2D eigenvalue weighted by molar-refractivity contribution is 6.03. The van der Waals surface area contributed by atoms with Crippen LogP contribution in [0.1, 0.15) is 29.6 Å². The molecule has 1 atom stereocenters. The summed E-state index contributed by atoms with van der Waals surface area (Å²) in [5.41, 5.74) is 7.25. The largest absolute Gasteiger partial charge is 0.375 e. The van der Waals surface area contributed by atoms with Crippen LogP contribution in [0.15, 0.2) is 48.5 Å². The van der Waals surface area contributed by atoms with Gasteiger partial charge in [-0.05, 0) is 37.9 Å². The van der Waals surface area contributed by atoms with Gasteiger partial charge in [-0.15, -0.1) is 0 Å². The van der Waals surface area contributed by atoms with E-state index in [1.54, 1.807) is 0 Å². The van der Waals surface area contributed by atoms with Crippen LogP contribution in [0.5, 0.6) is 0 Å². The van der Waals surface area contributed by atoms with E-state index < -0.39 is 0 Å². The fraction of sp³-hybridized carbons (Fsp3) is 0.312. The third-order valence-corrected chi connectivity index (χ3v) is 3.20. The molecule has 1 aromatic rings. The molecule has 100 valence electrons. The Hall–Kier alpha value is -1.87. The number of unbranched alkanes of at least 4 members (excludes halogenated alkanes) is 1. The van der Waals surface area contributed by atoms with Gasteiger partial charge in [0.2, 0.25) is 0 Å². The summed E-state index contributed by atoms with van der Waals surface area (Å²) in [6.07, 6.45) is 2.76. The lowest BCUT2D eigenvalue weighted by Crippen LogP contribution is -2.32. The smallest absolute Gasteiger partial charge is 0.185 e. The van der Waals surface area contributed by atoms with Crippen molar-refractivity contribution in [3.05, 3.63) is 54.1 Å². The molecule has 0 aromatic heterocycles. The summed E-state index contributed by atoms with van der Waals surface area (Å²) in [6, 6.07) is 15.4. The molecule has 0 saturated carbocycles. The number of anilines is 1. The van der Waals surface area contributed by atoms with Gasteiger partial charge in [0.05, 0.1) is 6.04 Å². The summed E-state index contributed by atoms with van der Waals surface area (Å²) in [6.45, 7) is 0.680. The number of fused-ring (bicyclic) bond motifs is 2. The standard InChI is InChI=1S/C16H20N2O/c17-11-7-6-10-15-16(19)13-8-4-2-1-3-5-9-14(12-13)18-15/h1-5,8-9,12,15,18H,6-7,10-11,17H2. The third kappa shape index (κ3) is 3.80. The number of ketones is 1. The first kappa shape index (κ1) is 13.6. The van der Waals surface area contributed by atoms with Gasteiger partial charge in [0, 0.05) is 11.3 Å². The van der Waals surface area contributed by atoms with Gasteiger partial charge in [-0.25, -0.2) is 0 Å². The number of carbonyl (C=O) groups is 1. The Bertz CT molecular complexity index is 498. The molecule has 0 radical (unpaired) electrons. The maximum Gasteiger partial charge on any atom is 0.185 e. The zero-order valence-electron chi connectivity index (χ0n) is 11.0. The molecule has 3 N–H and O–H groups in total. The van der Waals surface area contributed by atoms with Gasteiger partial charge in [-0.3, -0.25) is 4.79 Å². The summed E-state index contributed by atoms with van der Waals surface area (Å²) in [5, 5.41) is 3.29.